The zero-order chi connectivity index (χ0) is 19.4. The van der Waals surface area contributed by atoms with Crippen molar-refractivity contribution in [3.8, 4) is 0 Å². The first-order chi connectivity index (χ1) is 12.8. The smallest absolute Gasteiger partial charge is 0.147 e. The highest BCUT2D eigenvalue weighted by Gasteiger charge is 2.63. The molecule has 2 nitrogen and oxygen atoms in total. The number of alkyl halides is 1. The van der Waals surface area contributed by atoms with E-state index in [1.54, 1.807) is 0 Å². The summed E-state index contributed by atoms with van der Waals surface area (Å²) in [5.74, 6) is 5.55. The van der Waals surface area contributed by atoms with Crippen molar-refractivity contribution in [2.75, 3.05) is 19.0 Å². The van der Waals surface area contributed by atoms with Crippen LogP contribution in [0.25, 0.3) is 0 Å². The maximum absolute atomic E-state index is 12.7. The molecule has 0 aromatic carbocycles. The van der Waals surface area contributed by atoms with Crippen molar-refractivity contribution >= 4 is 21.7 Å². The highest BCUT2D eigenvalue weighted by molar-refractivity contribution is 9.09. The topological polar surface area (TPSA) is 26.3 Å². The van der Waals surface area contributed by atoms with Gasteiger partial charge < -0.3 is 4.74 Å². The lowest BCUT2D eigenvalue weighted by molar-refractivity contribution is -0.156. The Morgan fingerprint density at radius 2 is 1.74 bits per heavy atom. The third kappa shape index (κ3) is 3.09. The molecule has 0 aliphatic heterocycles. The van der Waals surface area contributed by atoms with E-state index in [9.17, 15) is 4.79 Å². The minimum atomic E-state index is 0.225. The van der Waals surface area contributed by atoms with Gasteiger partial charge in [0, 0.05) is 19.6 Å². The number of hydrogen-bond donors (Lipinski definition) is 0. The van der Waals surface area contributed by atoms with Crippen molar-refractivity contribution in [3.05, 3.63) is 0 Å². The number of halogens is 1. The third-order valence-electron chi connectivity index (χ3n) is 10.0. The molecule has 154 valence electrons. The summed E-state index contributed by atoms with van der Waals surface area (Å²) in [5, 5.41) is 0.535. The number of ether oxygens (including phenoxy) is 1. The van der Waals surface area contributed by atoms with E-state index >= 15 is 0 Å². The predicted molar refractivity (Wildman–Crippen MR) is 114 cm³/mol. The largest absolute Gasteiger partial charge is 0.384 e. The number of carbonyl (C=O) groups is 1. The van der Waals surface area contributed by atoms with Crippen LogP contribution in [0, 0.1) is 52.3 Å². The molecule has 0 aromatic heterocycles. The number of carbonyl (C=O) groups excluding carboxylic acids is 1. The summed E-state index contributed by atoms with van der Waals surface area (Å²) in [4.78, 5) is 12.7. The van der Waals surface area contributed by atoms with Crippen LogP contribution in [0.15, 0.2) is 0 Å². The number of fused-ring (bicyclic) bond motifs is 5. The summed E-state index contributed by atoms with van der Waals surface area (Å²) < 4.78 is 5.77. The number of hydrogen-bond acceptors (Lipinski definition) is 2. The molecule has 4 saturated carbocycles. The van der Waals surface area contributed by atoms with Crippen LogP contribution < -0.4 is 0 Å². The molecule has 0 heterocycles. The summed E-state index contributed by atoms with van der Waals surface area (Å²) >= 11 is 3.46. The second kappa shape index (κ2) is 7.42. The lowest BCUT2D eigenvalue weighted by atomic mass is 9.42. The minimum absolute atomic E-state index is 0.225. The van der Waals surface area contributed by atoms with Gasteiger partial charge in [0.2, 0.25) is 0 Å². The van der Waals surface area contributed by atoms with Crippen molar-refractivity contribution in [2.24, 2.45) is 52.3 Å². The van der Waals surface area contributed by atoms with Gasteiger partial charge in [-0.25, -0.2) is 0 Å². The van der Waals surface area contributed by atoms with E-state index in [0.29, 0.717) is 22.4 Å². The van der Waals surface area contributed by atoms with E-state index in [-0.39, 0.29) is 11.3 Å². The molecule has 9 unspecified atom stereocenters. The zero-order valence-electron chi connectivity index (χ0n) is 17.8. The van der Waals surface area contributed by atoms with Crippen LogP contribution in [-0.2, 0) is 9.53 Å². The van der Waals surface area contributed by atoms with Gasteiger partial charge in [-0.15, -0.1) is 0 Å². The molecule has 9 atom stereocenters. The lowest BCUT2D eigenvalue weighted by Gasteiger charge is -2.63. The number of ketones is 1. The van der Waals surface area contributed by atoms with Gasteiger partial charge in [-0.3, -0.25) is 4.79 Å². The van der Waals surface area contributed by atoms with Gasteiger partial charge >= 0.3 is 0 Å². The first kappa shape index (κ1) is 20.4. The Bertz CT molecular complexity index is 577. The number of methoxy groups -OCH3 is 1. The second-order valence-corrected chi connectivity index (χ2v) is 11.7. The first-order valence-electron chi connectivity index (χ1n) is 11.4. The van der Waals surface area contributed by atoms with E-state index in [1.165, 1.54) is 44.9 Å². The van der Waals surface area contributed by atoms with Crippen LogP contribution in [-0.4, -0.2) is 24.8 Å². The Labute approximate surface area is 174 Å². The molecule has 0 aromatic rings. The van der Waals surface area contributed by atoms with Crippen molar-refractivity contribution in [1.29, 1.82) is 0 Å². The van der Waals surface area contributed by atoms with Gasteiger partial charge in [-0.2, -0.15) is 0 Å². The Hall–Kier alpha value is 0.110. The standard InChI is InChI=1S/C24H39BrO2/c1-15-7-9-23(2)17(11-15)12-16(14-27-4)22-19-6-5-18(21(26)13-25)24(19,3)10-8-20(22)23/h15-20,22H,5-14H2,1-4H3. The molecule has 4 aliphatic carbocycles. The lowest BCUT2D eigenvalue weighted by Crippen LogP contribution is -2.57. The number of Topliss-reactive ketones (excluding diaryl/α,β-unsaturated/α-hetero) is 1. The van der Waals surface area contributed by atoms with E-state index < -0.39 is 0 Å². The SMILES string of the molecule is COCC1CC2CC(C)CCC2(C)C2CCC3(C)C(C(=O)CBr)CCC3C12. The summed E-state index contributed by atoms with van der Waals surface area (Å²) in [6, 6.07) is 0. The molecule has 4 fully saturated rings. The average molecular weight is 439 g/mol. The summed E-state index contributed by atoms with van der Waals surface area (Å²) in [5.41, 5.74) is 0.753. The monoisotopic (exact) mass is 438 g/mol. The zero-order valence-corrected chi connectivity index (χ0v) is 19.4. The van der Waals surface area contributed by atoms with E-state index in [0.717, 1.165) is 42.6 Å². The maximum atomic E-state index is 12.7. The fourth-order valence-corrected chi connectivity index (χ4v) is 9.04. The van der Waals surface area contributed by atoms with Crippen LogP contribution in [0.5, 0.6) is 0 Å². The van der Waals surface area contributed by atoms with Gasteiger partial charge in [-0.1, -0.05) is 43.1 Å². The van der Waals surface area contributed by atoms with Crippen LogP contribution in [0.4, 0.5) is 0 Å². The molecular formula is C24H39BrO2. The fraction of sp³-hybridized carbons (Fsp3) is 0.958. The molecule has 0 amide bonds. The highest BCUT2D eigenvalue weighted by atomic mass is 79.9. The molecule has 4 rings (SSSR count). The molecule has 3 heteroatoms. The Kier molecular flexibility index (Phi) is 5.60. The molecular weight excluding hydrogens is 400 g/mol. The van der Waals surface area contributed by atoms with Crippen molar-refractivity contribution in [2.45, 2.75) is 72.1 Å². The molecule has 0 N–H and O–H groups in total. The van der Waals surface area contributed by atoms with Gasteiger partial charge in [-0.05, 0) is 91.3 Å². The fourth-order valence-electron chi connectivity index (χ4n) is 8.65. The maximum Gasteiger partial charge on any atom is 0.147 e. The molecule has 27 heavy (non-hydrogen) atoms. The van der Waals surface area contributed by atoms with Gasteiger partial charge in [0.1, 0.15) is 5.78 Å². The third-order valence-corrected chi connectivity index (χ3v) is 10.6. The highest BCUT2D eigenvalue weighted by Crippen LogP contribution is 2.69. The summed E-state index contributed by atoms with van der Waals surface area (Å²) in [6.45, 7) is 8.49. The normalized spacial score (nSPS) is 52.0. The van der Waals surface area contributed by atoms with Crippen LogP contribution in [0.1, 0.15) is 72.1 Å². The average Bonchev–Trinajstić information content (AvgIpc) is 3.00. The van der Waals surface area contributed by atoms with Crippen LogP contribution in [0.2, 0.25) is 0 Å². The van der Waals surface area contributed by atoms with Crippen LogP contribution in [0.3, 0.4) is 0 Å². The van der Waals surface area contributed by atoms with Crippen molar-refractivity contribution < 1.29 is 9.53 Å². The quantitative estimate of drug-likeness (QED) is 0.494. The summed E-state index contributed by atoms with van der Waals surface area (Å²) in [6.07, 6.45) is 10.6. The molecule has 0 saturated heterocycles. The molecule has 0 bridgehead atoms. The molecule has 4 aliphatic rings. The minimum Gasteiger partial charge on any atom is -0.384 e. The predicted octanol–water partition coefficient (Wildman–Crippen LogP) is 6.12. The number of rotatable bonds is 4. The van der Waals surface area contributed by atoms with Crippen molar-refractivity contribution in [1.82, 2.24) is 0 Å². The van der Waals surface area contributed by atoms with Gasteiger partial charge in [0.05, 0.1) is 5.33 Å². The van der Waals surface area contributed by atoms with Gasteiger partial charge in [0.15, 0.2) is 0 Å². The Morgan fingerprint density at radius 1 is 1.04 bits per heavy atom. The van der Waals surface area contributed by atoms with Gasteiger partial charge in [0.25, 0.3) is 0 Å². The first-order valence-corrected chi connectivity index (χ1v) is 12.5. The van der Waals surface area contributed by atoms with Crippen molar-refractivity contribution in [3.63, 3.8) is 0 Å². The Morgan fingerprint density at radius 3 is 2.44 bits per heavy atom. The second-order valence-electron chi connectivity index (χ2n) is 11.1. The van der Waals surface area contributed by atoms with E-state index in [4.69, 9.17) is 4.74 Å². The molecule has 0 spiro atoms. The molecule has 0 radical (unpaired) electrons. The van der Waals surface area contributed by atoms with E-state index in [1.807, 2.05) is 7.11 Å². The Balaban J connectivity index is 1.67. The summed E-state index contributed by atoms with van der Waals surface area (Å²) in [7, 11) is 1.89. The van der Waals surface area contributed by atoms with E-state index in [2.05, 4.69) is 36.7 Å². The van der Waals surface area contributed by atoms with Crippen LogP contribution >= 0.6 is 15.9 Å².